The molecule has 1 atom stereocenters. The van der Waals surface area contributed by atoms with Gasteiger partial charge in [0.2, 0.25) is 0 Å². The zero-order valence-corrected chi connectivity index (χ0v) is 22.3. The number of carbonyl (C=O) groups is 1. The second-order valence-electron chi connectivity index (χ2n) is 9.35. The van der Waals surface area contributed by atoms with Crippen LogP contribution >= 0.6 is 13.5 Å². The van der Waals surface area contributed by atoms with Gasteiger partial charge in [-0.15, -0.1) is 0 Å². The highest BCUT2D eigenvalue weighted by atomic mass is 32.1. The molecule has 0 bridgehead atoms. The SMILES string of the molecule is CCOc1ncc(F)c(NC2=NCC3=C2CN(C(=O)N[C@H](CN(C)C)c2ccccc2)C3(C)C)n1.S. The fourth-order valence-electron chi connectivity index (χ4n) is 4.45. The van der Waals surface area contributed by atoms with Gasteiger partial charge in [-0.2, -0.15) is 18.5 Å². The Balaban J connectivity index is 0.00000361. The monoisotopic (exact) mass is 515 g/mol. The minimum Gasteiger partial charge on any atom is -0.464 e. The number of nitrogens with one attached hydrogen (secondary N) is 2. The Hall–Kier alpha value is -3.18. The first-order valence-electron chi connectivity index (χ1n) is 11.7. The number of aromatic nitrogens is 2. The number of urea groups is 1. The summed E-state index contributed by atoms with van der Waals surface area (Å²) < 4.78 is 19.7. The molecule has 11 heteroatoms. The van der Waals surface area contributed by atoms with Crippen LogP contribution in [0.25, 0.3) is 0 Å². The van der Waals surface area contributed by atoms with E-state index in [2.05, 4.69) is 25.6 Å². The number of anilines is 1. The molecule has 2 aromatic rings. The van der Waals surface area contributed by atoms with E-state index in [9.17, 15) is 9.18 Å². The number of halogens is 1. The number of nitrogens with zero attached hydrogens (tertiary/aromatic N) is 5. The van der Waals surface area contributed by atoms with E-state index < -0.39 is 11.4 Å². The van der Waals surface area contributed by atoms with Crippen molar-refractivity contribution < 1.29 is 13.9 Å². The fraction of sp³-hybridized carbons (Fsp3) is 0.440. The lowest BCUT2D eigenvalue weighted by atomic mass is 9.94. The lowest BCUT2D eigenvalue weighted by Gasteiger charge is -2.36. The average molecular weight is 516 g/mol. The molecule has 2 amide bonds. The van der Waals surface area contributed by atoms with Gasteiger partial charge in [0, 0.05) is 12.1 Å². The van der Waals surface area contributed by atoms with Crippen LogP contribution in [0.1, 0.15) is 32.4 Å². The number of hydrogen-bond donors (Lipinski definition) is 2. The Morgan fingerprint density at radius 1 is 1.28 bits per heavy atom. The number of likely N-dealkylation sites (N-methyl/N-ethyl adjacent to an activating group) is 1. The third kappa shape index (κ3) is 5.62. The normalized spacial score (nSPS) is 16.9. The first kappa shape index (κ1) is 27.4. The predicted molar refractivity (Wildman–Crippen MR) is 144 cm³/mol. The minimum absolute atomic E-state index is 0. The summed E-state index contributed by atoms with van der Waals surface area (Å²) in [5, 5.41) is 6.20. The van der Waals surface area contributed by atoms with Gasteiger partial charge < -0.3 is 25.2 Å². The van der Waals surface area contributed by atoms with Crippen molar-refractivity contribution in [1.29, 1.82) is 0 Å². The van der Waals surface area contributed by atoms with Gasteiger partial charge in [0.15, 0.2) is 11.6 Å². The quantitative estimate of drug-likeness (QED) is 0.587. The van der Waals surface area contributed by atoms with Crippen molar-refractivity contribution in [2.45, 2.75) is 32.4 Å². The Morgan fingerprint density at radius 2 is 2.00 bits per heavy atom. The molecule has 0 unspecified atom stereocenters. The minimum atomic E-state index is -0.605. The molecule has 36 heavy (non-hydrogen) atoms. The standard InChI is InChI=1S/C25H32FN7O2.H2S/c1-6-35-23-28-13-19(26)22(31-23)30-21-17-14-33(25(2,3)18(17)12-27-21)24(34)29-20(15-32(4)5)16-10-8-7-9-11-16;/h7-11,13,20H,6,12,14-15H2,1-5H3,(H,29,34)(H,27,28,30,31);1H2/t20-;/m1./s1. The topological polar surface area (TPSA) is 95.0 Å². The molecule has 194 valence electrons. The summed E-state index contributed by atoms with van der Waals surface area (Å²) in [6, 6.07) is 9.70. The van der Waals surface area contributed by atoms with E-state index >= 15 is 0 Å². The third-order valence-corrected chi connectivity index (χ3v) is 6.30. The summed E-state index contributed by atoms with van der Waals surface area (Å²) in [6.07, 6.45) is 1.07. The maximum absolute atomic E-state index is 14.4. The molecule has 0 saturated heterocycles. The van der Waals surface area contributed by atoms with Crippen LogP contribution in [0.3, 0.4) is 0 Å². The van der Waals surface area contributed by atoms with Crippen molar-refractivity contribution >= 4 is 31.2 Å². The predicted octanol–water partition coefficient (Wildman–Crippen LogP) is 3.35. The van der Waals surface area contributed by atoms with Crippen LogP contribution in [0.15, 0.2) is 52.7 Å². The number of amides is 2. The first-order chi connectivity index (χ1) is 16.7. The Bertz CT molecular complexity index is 1150. The van der Waals surface area contributed by atoms with Crippen molar-refractivity contribution in [3.8, 4) is 6.01 Å². The van der Waals surface area contributed by atoms with Crippen molar-refractivity contribution in [3.05, 3.63) is 59.1 Å². The molecule has 0 spiro atoms. The highest BCUT2D eigenvalue weighted by Gasteiger charge is 2.45. The molecule has 2 N–H and O–H groups in total. The van der Waals surface area contributed by atoms with Crippen molar-refractivity contribution in [2.75, 3.05) is 45.7 Å². The highest BCUT2D eigenvalue weighted by Crippen LogP contribution is 2.38. The average Bonchev–Trinajstić information content (AvgIpc) is 3.34. The first-order valence-corrected chi connectivity index (χ1v) is 11.7. The van der Waals surface area contributed by atoms with E-state index in [0.29, 0.717) is 32.1 Å². The van der Waals surface area contributed by atoms with Gasteiger partial charge in [0.25, 0.3) is 0 Å². The van der Waals surface area contributed by atoms with E-state index in [0.717, 1.165) is 22.9 Å². The van der Waals surface area contributed by atoms with Gasteiger partial charge >= 0.3 is 12.0 Å². The van der Waals surface area contributed by atoms with Gasteiger partial charge in [-0.25, -0.2) is 14.2 Å². The molecule has 0 radical (unpaired) electrons. The van der Waals surface area contributed by atoms with Crippen molar-refractivity contribution in [3.63, 3.8) is 0 Å². The number of hydrogen-bond acceptors (Lipinski definition) is 7. The van der Waals surface area contributed by atoms with E-state index in [1.54, 1.807) is 6.92 Å². The molecule has 0 saturated carbocycles. The second kappa shape index (κ2) is 11.3. The zero-order chi connectivity index (χ0) is 25.2. The molecule has 1 aromatic heterocycles. The summed E-state index contributed by atoms with van der Waals surface area (Å²) in [6.45, 7) is 7.65. The molecule has 2 aliphatic rings. The molecular formula is C25H34FN7O2S. The smallest absolute Gasteiger partial charge is 0.318 e. The van der Waals surface area contributed by atoms with Crippen LogP contribution in [-0.2, 0) is 0 Å². The Morgan fingerprint density at radius 3 is 2.67 bits per heavy atom. The second-order valence-corrected chi connectivity index (χ2v) is 9.35. The highest BCUT2D eigenvalue weighted by molar-refractivity contribution is 7.59. The summed E-state index contributed by atoms with van der Waals surface area (Å²) in [5.74, 6) is -0.102. The molecule has 9 nitrogen and oxygen atoms in total. The molecule has 1 aromatic carbocycles. The molecule has 0 fully saturated rings. The van der Waals surface area contributed by atoms with E-state index in [1.807, 2.05) is 68.1 Å². The Labute approximate surface area is 218 Å². The van der Waals surface area contributed by atoms with Crippen LogP contribution in [0.5, 0.6) is 6.01 Å². The van der Waals surface area contributed by atoms with Crippen LogP contribution in [0, 0.1) is 5.82 Å². The molecule has 2 aliphatic heterocycles. The largest absolute Gasteiger partial charge is 0.464 e. The van der Waals surface area contributed by atoms with Crippen LogP contribution in [0.4, 0.5) is 15.0 Å². The van der Waals surface area contributed by atoms with Crippen LogP contribution in [-0.4, -0.2) is 77.5 Å². The van der Waals surface area contributed by atoms with Gasteiger partial charge in [-0.3, -0.25) is 4.99 Å². The number of aliphatic imine (C=N–C) groups is 1. The number of benzene rings is 1. The van der Waals surface area contributed by atoms with Gasteiger partial charge in [0.1, 0.15) is 5.84 Å². The van der Waals surface area contributed by atoms with E-state index in [1.165, 1.54) is 0 Å². The van der Waals surface area contributed by atoms with Gasteiger partial charge in [-0.05, 0) is 46.0 Å². The number of ether oxygens (including phenoxy) is 1. The summed E-state index contributed by atoms with van der Waals surface area (Å²) >= 11 is 0. The number of amidine groups is 1. The Kier molecular flexibility index (Phi) is 8.57. The van der Waals surface area contributed by atoms with Gasteiger partial charge in [0.05, 0.1) is 37.5 Å². The van der Waals surface area contributed by atoms with Crippen molar-refractivity contribution in [2.24, 2.45) is 4.99 Å². The molecule has 3 heterocycles. The summed E-state index contributed by atoms with van der Waals surface area (Å²) in [5.41, 5.74) is 2.40. The van der Waals surface area contributed by atoms with Crippen LogP contribution in [0.2, 0.25) is 0 Å². The number of carbonyl (C=O) groups excluding carboxylic acids is 1. The molecule has 0 aliphatic carbocycles. The van der Waals surface area contributed by atoms with Crippen LogP contribution < -0.4 is 15.4 Å². The molecule has 4 rings (SSSR count). The lowest BCUT2D eigenvalue weighted by molar-refractivity contribution is 0.165. The van der Waals surface area contributed by atoms with Crippen molar-refractivity contribution in [1.82, 2.24) is 25.1 Å². The van der Waals surface area contributed by atoms with Gasteiger partial charge in [-0.1, -0.05) is 30.3 Å². The van der Waals surface area contributed by atoms with E-state index in [4.69, 9.17) is 4.74 Å². The summed E-state index contributed by atoms with van der Waals surface area (Å²) in [7, 11) is 3.96. The number of rotatable bonds is 7. The maximum atomic E-state index is 14.4. The molecular weight excluding hydrogens is 481 g/mol. The summed E-state index contributed by atoms with van der Waals surface area (Å²) in [4.78, 5) is 29.9. The fourth-order valence-corrected chi connectivity index (χ4v) is 4.45. The maximum Gasteiger partial charge on any atom is 0.318 e. The zero-order valence-electron chi connectivity index (χ0n) is 21.3. The third-order valence-electron chi connectivity index (χ3n) is 6.30. The van der Waals surface area contributed by atoms with E-state index in [-0.39, 0.29) is 37.4 Å². The lowest BCUT2D eigenvalue weighted by Crippen LogP contribution is -2.52.